The second-order valence-corrected chi connectivity index (χ2v) is 4.80. The minimum Gasteiger partial charge on any atom is -0.383 e. The predicted molar refractivity (Wildman–Crippen MR) is 63.6 cm³/mol. The van der Waals surface area contributed by atoms with Gasteiger partial charge in [-0.3, -0.25) is 4.90 Å². The van der Waals surface area contributed by atoms with Crippen molar-refractivity contribution in [3.8, 4) is 0 Å². The maximum atomic E-state index is 6.21. The maximum Gasteiger partial charge on any atom is 0.0459 e. The van der Waals surface area contributed by atoms with Crippen molar-refractivity contribution < 1.29 is 0 Å². The molecule has 2 aliphatic heterocycles. The van der Waals surface area contributed by atoms with Gasteiger partial charge in [0.05, 0.1) is 0 Å². The Morgan fingerprint density at radius 1 is 1.33 bits per heavy atom. The van der Waals surface area contributed by atoms with Crippen LogP contribution in [0.15, 0.2) is 18.2 Å². The number of benzene rings is 1. The number of anilines is 1. The lowest BCUT2D eigenvalue weighted by atomic mass is 9.96. The second-order valence-electron chi connectivity index (χ2n) is 4.39. The van der Waals surface area contributed by atoms with Gasteiger partial charge in [0.15, 0.2) is 0 Å². The van der Waals surface area contributed by atoms with Gasteiger partial charge in [-0.1, -0.05) is 17.7 Å². The minimum absolute atomic E-state index is 0.645. The van der Waals surface area contributed by atoms with Crippen LogP contribution in [0, 0.1) is 0 Å². The Bertz CT molecular complexity index is 374. The van der Waals surface area contributed by atoms with E-state index in [4.69, 9.17) is 11.6 Å². The van der Waals surface area contributed by atoms with Gasteiger partial charge in [-0.25, -0.2) is 0 Å². The van der Waals surface area contributed by atoms with E-state index >= 15 is 0 Å². The summed E-state index contributed by atoms with van der Waals surface area (Å²) < 4.78 is 0. The molecule has 0 saturated carbocycles. The average molecular weight is 223 g/mol. The first-order valence-corrected chi connectivity index (χ1v) is 5.98. The zero-order chi connectivity index (χ0) is 10.3. The van der Waals surface area contributed by atoms with Gasteiger partial charge in [-0.05, 0) is 43.6 Å². The van der Waals surface area contributed by atoms with Gasteiger partial charge in [0.1, 0.15) is 0 Å². The number of rotatable bonds is 1. The molecule has 15 heavy (non-hydrogen) atoms. The lowest BCUT2D eigenvalue weighted by molar-refractivity contribution is 0.122. The molecule has 3 rings (SSSR count). The fourth-order valence-electron chi connectivity index (χ4n) is 2.43. The van der Waals surface area contributed by atoms with E-state index in [0.717, 1.165) is 18.0 Å². The molecule has 2 heterocycles. The van der Waals surface area contributed by atoms with E-state index in [-0.39, 0.29) is 0 Å². The summed E-state index contributed by atoms with van der Waals surface area (Å²) in [5.41, 5.74) is 2.52. The third kappa shape index (κ3) is 1.62. The third-order valence-corrected chi connectivity index (χ3v) is 3.85. The molecular formula is C12H15ClN2. The highest BCUT2D eigenvalue weighted by molar-refractivity contribution is 6.31. The number of hydrogen-bond acceptors (Lipinski definition) is 2. The van der Waals surface area contributed by atoms with Crippen LogP contribution >= 0.6 is 11.6 Å². The summed E-state index contributed by atoms with van der Waals surface area (Å²) in [6.45, 7) is 3.58. The fraction of sp³-hybridized carbons (Fsp3) is 0.500. The number of likely N-dealkylation sites (tertiary alicyclic amines) is 1. The normalized spacial score (nSPS) is 25.3. The molecule has 0 bridgehead atoms. The van der Waals surface area contributed by atoms with Crippen molar-refractivity contribution >= 4 is 17.3 Å². The smallest absolute Gasteiger partial charge is 0.0459 e. The Morgan fingerprint density at radius 3 is 2.93 bits per heavy atom. The van der Waals surface area contributed by atoms with Gasteiger partial charge in [0, 0.05) is 23.3 Å². The Labute approximate surface area is 95.2 Å². The summed E-state index contributed by atoms with van der Waals surface area (Å²) in [5, 5.41) is 4.38. The number of nitrogens with one attached hydrogen (secondary N) is 1. The molecule has 1 N–H and O–H groups in total. The Kier molecular flexibility index (Phi) is 2.33. The highest BCUT2D eigenvalue weighted by Crippen LogP contribution is 2.31. The van der Waals surface area contributed by atoms with Crippen LogP contribution in [0.3, 0.4) is 0 Å². The molecule has 0 amide bonds. The summed E-state index contributed by atoms with van der Waals surface area (Å²) in [4.78, 5) is 2.54. The molecule has 80 valence electrons. The molecule has 1 saturated heterocycles. The van der Waals surface area contributed by atoms with E-state index in [1.54, 1.807) is 0 Å². The Hall–Kier alpha value is -0.730. The van der Waals surface area contributed by atoms with Gasteiger partial charge < -0.3 is 5.32 Å². The molecule has 0 spiro atoms. The van der Waals surface area contributed by atoms with Crippen LogP contribution < -0.4 is 5.32 Å². The van der Waals surface area contributed by atoms with Crippen LogP contribution in [0.1, 0.15) is 12.0 Å². The van der Waals surface area contributed by atoms with Gasteiger partial charge in [0.2, 0.25) is 0 Å². The van der Waals surface area contributed by atoms with Crippen molar-refractivity contribution in [2.75, 3.05) is 25.0 Å². The van der Waals surface area contributed by atoms with Crippen molar-refractivity contribution in [1.82, 2.24) is 4.90 Å². The van der Waals surface area contributed by atoms with Crippen LogP contribution in [0.4, 0.5) is 5.69 Å². The minimum atomic E-state index is 0.645. The molecular weight excluding hydrogens is 208 g/mol. The lowest BCUT2D eigenvalue weighted by Gasteiger charge is -2.41. The zero-order valence-corrected chi connectivity index (χ0v) is 9.43. The molecule has 2 nitrogen and oxygen atoms in total. The van der Waals surface area contributed by atoms with Crippen LogP contribution in [-0.4, -0.2) is 30.6 Å². The first-order valence-electron chi connectivity index (χ1n) is 5.60. The van der Waals surface area contributed by atoms with Crippen LogP contribution in [-0.2, 0) is 6.42 Å². The number of nitrogens with zero attached hydrogens (tertiary/aromatic N) is 1. The fourth-order valence-corrected chi connectivity index (χ4v) is 2.68. The average Bonchev–Trinajstić information content (AvgIpc) is 2.17. The van der Waals surface area contributed by atoms with Crippen molar-refractivity contribution in [3.63, 3.8) is 0 Å². The highest BCUT2D eigenvalue weighted by Gasteiger charge is 2.28. The predicted octanol–water partition coefficient (Wildman–Crippen LogP) is 2.38. The highest BCUT2D eigenvalue weighted by atomic mass is 35.5. The van der Waals surface area contributed by atoms with Crippen molar-refractivity contribution in [3.05, 3.63) is 28.8 Å². The van der Waals surface area contributed by atoms with Crippen LogP contribution in [0.25, 0.3) is 0 Å². The van der Waals surface area contributed by atoms with Gasteiger partial charge in [-0.15, -0.1) is 0 Å². The molecule has 0 aromatic heterocycles. The monoisotopic (exact) mass is 222 g/mol. The molecule has 0 radical (unpaired) electrons. The molecule has 1 aromatic rings. The quantitative estimate of drug-likeness (QED) is 0.785. The summed E-state index contributed by atoms with van der Waals surface area (Å²) in [6.07, 6.45) is 2.45. The van der Waals surface area contributed by atoms with E-state index < -0.39 is 0 Å². The second kappa shape index (κ2) is 3.69. The summed E-state index contributed by atoms with van der Waals surface area (Å²) in [5.74, 6) is 0. The summed E-state index contributed by atoms with van der Waals surface area (Å²) in [6, 6.07) is 6.76. The molecule has 1 fully saturated rings. The molecule has 1 aromatic carbocycles. The molecule has 1 unspecified atom stereocenters. The molecule has 1 atom stereocenters. The lowest BCUT2D eigenvalue weighted by Crippen LogP contribution is -2.50. The topological polar surface area (TPSA) is 15.3 Å². The first kappa shape index (κ1) is 9.49. The number of halogens is 1. The summed E-state index contributed by atoms with van der Waals surface area (Å²) >= 11 is 6.21. The molecule has 0 aliphatic carbocycles. The van der Waals surface area contributed by atoms with Crippen LogP contribution in [0.2, 0.25) is 5.02 Å². The summed E-state index contributed by atoms with van der Waals surface area (Å²) in [7, 11) is 0. The van der Waals surface area contributed by atoms with Gasteiger partial charge in [-0.2, -0.15) is 0 Å². The number of hydrogen-bond donors (Lipinski definition) is 1. The largest absolute Gasteiger partial charge is 0.383 e. The van der Waals surface area contributed by atoms with E-state index in [2.05, 4.69) is 16.3 Å². The van der Waals surface area contributed by atoms with Gasteiger partial charge in [0.25, 0.3) is 0 Å². The van der Waals surface area contributed by atoms with E-state index in [0.29, 0.717) is 6.04 Å². The SMILES string of the molecule is Clc1cccc2c1CC(N1CCC1)CN2. The zero-order valence-electron chi connectivity index (χ0n) is 8.67. The maximum absolute atomic E-state index is 6.21. The van der Waals surface area contributed by atoms with Crippen LogP contribution in [0.5, 0.6) is 0 Å². The van der Waals surface area contributed by atoms with Crippen molar-refractivity contribution in [2.24, 2.45) is 0 Å². The van der Waals surface area contributed by atoms with Gasteiger partial charge >= 0.3 is 0 Å². The third-order valence-electron chi connectivity index (χ3n) is 3.49. The van der Waals surface area contributed by atoms with Crippen molar-refractivity contribution in [1.29, 1.82) is 0 Å². The van der Waals surface area contributed by atoms with E-state index in [9.17, 15) is 0 Å². The molecule has 2 aliphatic rings. The van der Waals surface area contributed by atoms with E-state index in [1.807, 2.05) is 12.1 Å². The Morgan fingerprint density at radius 2 is 2.20 bits per heavy atom. The standard InChI is InChI=1S/C12H15ClN2/c13-11-3-1-4-12-10(11)7-9(8-14-12)15-5-2-6-15/h1,3-4,9,14H,2,5-8H2. The Balaban J connectivity index is 1.85. The molecule has 3 heteroatoms. The number of fused-ring (bicyclic) bond motifs is 1. The first-order chi connectivity index (χ1) is 7.34. The van der Waals surface area contributed by atoms with E-state index in [1.165, 1.54) is 30.8 Å². The van der Waals surface area contributed by atoms with Crippen molar-refractivity contribution in [2.45, 2.75) is 18.9 Å².